The third-order valence-corrected chi connectivity index (χ3v) is 6.88. The van der Waals surface area contributed by atoms with Crippen LogP contribution in [0.5, 0.6) is 0 Å². The number of anilines is 1. The van der Waals surface area contributed by atoms with Crippen LogP contribution in [0.4, 0.5) is 5.69 Å². The van der Waals surface area contributed by atoms with Crippen LogP contribution in [-0.4, -0.2) is 65.7 Å². The smallest absolute Gasteiger partial charge is 0.250 e. The molecule has 3 heterocycles. The molecule has 5 atom stereocenters. The van der Waals surface area contributed by atoms with Gasteiger partial charge in [-0.2, -0.15) is 0 Å². The van der Waals surface area contributed by atoms with Crippen molar-refractivity contribution in [2.75, 3.05) is 25.5 Å². The van der Waals surface area contributed by atoms with Gasteiger partial charge in [0.25, 0.3) is 0 Å². The van der Waals surface area contributed by atoms with Crippen molar-refractivity contribution in [1.82, 2.24) is 10.2 Å². The van der Waals surface area contributed by atoms with Gasteiger partial charge >= 0.3 is 0 Å². The maximum absolute atomic E-state index is 13.6. The Bertz CT molecular complexity index is 867. The zero-order chi connectivity index (χ0) is 21.6. The van der Waals surface area contributed by atoms with Gasteiger partial charge in [-0.15, -0.1) is 0 Å². The lowest BCUT2D eigenvalue weighted by Gasteiger charge is -2.33. The second-order valence-corrected chi connectivity index (χ2v) is 8.54. The lowest BCUT2D eigenvalue weighted by atomic mass is 9.70. The summed E-state index contributed by atoms with van der Waals surface area (Å²) in [5.74, 6) is -2.03. The summed E-state index contributed by atoms with van der Waals surface area (Å²) in [5, 5.41) is 15.0. The molecule has 30 heavy (non-hydrogen) atoms. The Labute approximate surface area is 176 Å². The fourth-order valence-corrected chi connectivity index (χ4v) is 5.61. The highest BCUT2D eigenvalue weighted by Gasteiger charge is 2.74. The Morgan fingerprint density at radius 2 is 1.97 bits per heavy atom. The van der Waals surface area contributed by atoms with Crippen molar-refractivity contribution >= 4 is 23.4 Å². The monoisotopic (exact) mass is 415 g/mol. The molecule has 3 aliphatic rings. The Morgan fingerprint density at radius 3 is 2.60 bits per heavy atom. The van der Waals surface area contributed by atoms with Crippen molar-refractivity contribution in [3.05, 3.63) is 29.3 Å². The second-order valence-electron chi connectivity index (χ2n) is 8.54. The number of amides is 3. The Balaban J connectivity index is 1.72. The van der Waals surface area contributed by atoms with Gasteiger partial charge in [0.2, 0.25) is 17.7 Å². The molecule has 8 heteroatoms. The van der Waals surface area contributed by atoms with Crippen molar-refractivity contribution in [3.8, 4) is 0 Å². The molecule has 2 unspecified atom stereocenters. The van der Waals surface area contributed by atoms with Gasteiger partial charge in [0.15, 0.2) is 0 Å². The quantitative estimate of drug-likeness (QED) is 0.635. The number of hydrogen-bond donors (Lipinski definition) is 3. The minimum absolute atomic E-state index is 0.0882. The Hall–Kier alpha value is -2.45. The first-order valence-corrected chi connectivity index (χ1v) is 10.5. The standard InChI is InChI=1S/C22H29N3O5/c1-12-6-4-7-13(2)17(12)24-20(28)18-22-9-8-14(30-22)15(19(27)23-3)16(22)21(29)25(18)10-5-11-26/h4,6-7,14-16,18,26H,5,8-11H2,1-3H3,(H,23,27)(H,24,28)/t14-,15+,16+,18?,22?/m1/s1. The SMILES string of the molecule is CNC(=O)[C@@H]1[C@H]2C(=O)N(CCCO)C(C(=O)Nc3c(C)cccc3C)C23CC[C@H]1O3. The molecule has 1 aromatic rings. The number of hydrogen-bond acceptors (Lipinski definition) is 5. The first kappa shape index (κ1) is 20.8. The van der Waals surface area contributed by atoms with Gasteiger partial charge in [-0.25, -0.2) is 0 Å². The molecule has 3 N–H and O–H groups in total. The van der Waals surface area contributed by atoms with Crippen LogP contribution in [0.2, 0.25) is 0 Å². The first-order chi connectivity index (χ1) is 14.4. The zero-order valence-corrected chi connectivity index (χ0v) is 17.6. The van der Waals surface area contributed by atoms with E-state index in [1.54, 1.807) is 7.05 Å². The van der Waals surface area contributed by atoms with Crippen LogP contribution in [0.1, 0.15) is 30.4 Å². The van der Waals surface area contributed by atoms with E-state index in [0.29, 0.717) is 19.3 Å². The number of aryl methyl sites for hydroxylation is 2. The number of nitrogens with zero attached hydrogens (tertiary/aromatic N) is 1. The topological polar surface area (TPSA) is 108 Å². The largest absolute Gasteiger partial charge is 0.396 e. The van der Waals surface area contributed by atoms with E-state index in [9.17, 15) is 19.5 Å². The number of para-hydroxylation sites is 1. The molecular weight excluding hydrogens is 386 g/mol. The van der Waals surface area contributed by atoms with Crippen molar-refractivity contribution in [1.29, 1.82) is 0 Å². The maximum Gasteiger partial charge on any atom is 0.250 e. The molecule has 1 aromatic carbocycles. The molecule has 0 aromatic heterocycles. The third kappa shape index (κ3) is 2.93. The van der Waals surface area contributed by atoms with Crippen LogP contribution in [-0.2, 0) is 19.1 Å². The van der Waals surface area contributed by atoms with E-state index < -0.39 is 23.5 Å². The molecular formula is C22H29N3O5. The van der Waals surface area contributed by atoms with Crippen molar-refractivity contribution in [3.63, 3.8) is 0 Å². The fraction of sp³-hybridized carbons (Fsp3) is 0.591. The lowest BCUT2D eigenvalue weighted by molar-refractivity contribution is -0.140. The van der Waals surface area contributed by atoms with Crippen molar-refractivity contribution < 1.29 is 24.2 Å². The van der Waals surface area contributed by atoms with Gasteiger partial charge in [-0.3, -0.25) is 14.4 Å². The van der Waals surface area contributed by atoms with E-state index in [2.05, 4.69) is 10.6 Å². The van der Waals surface area contributed by atoms with Gasteiger partial charge < -0.3 is 25.4 Å². The fourth-order valence-electron chi connectivity index (χ4n) is 5.61. The summed E-state index contributed by atoms with van der Waals surface area (Å²) in [5.41, 5.74) is 1.59. The lowest BCUT2D eigenvalue weighted by Crippen LogP contribution is -2.53. The predicted octanol–water partition coefficient (Wildman–Crippen LogP) is 0.745. The molecule has 3 amide bonds. The third-order valence-electron chi connectivity index (χ3n) is 6.88. The molecule has 0 saturated carbocycles. The van der Waals surface area contributed by atoms with Gasteiger partial charge in [-0.05, 0) is 44.2 Å². The molecule has 4 rings (SSSR count). The van der Waals surface area contributed by atoms with Gasteiger partial charge in [0.05, 0.1) is 17.9 Å². The van der Waals surface area contributed by atoms with Crippen molar-refractivity contribution in [2.24, 2.45) is 11.8 Å². The highest BCUT2D eigenvalue weighted by Crippen LogP contribution is 2.58. The minimum atomic E-state index is -1.00. The number of aliphatic hydroxyl groups excluding tert-OH is 1. The molecule has 0 radical (unpaired) electrons. The number of aliphatic hydroxyl groups is 1. The van der Waals surface area contributed by atoms with Crippen LogP contribution in [0, 0.1) is 25.7 Å². The average Bonchev–Trinajstić information content (AvgIpc) is 3.36. The van der Waals surface area contributed by atoms with Crippen LogP contribution < -0.4 is 10.6 Å². The van der Waals surface area contributed by atoms with E-state index in [-0.39, 0.29) is 37.0 Å². The number of fused-ring (bicyclic) bond motifs is 1. The minimum Gasteiger partial charge on any atom is -0.396 e. The summed E-state index contributed by atoms with van der Waals surface area (Å²) in [6.07, 6.45) is 1.20. The van der Waals surface area contributed by atoms with E-state index >= 15 is 0 Å². The first-order valence-electron chi connectivity index (χ1n) is 10.5. The van der Waals surface area contributed by atoms with Gasteiger partial charge in [-0.1, -0.05) is 18.2 Å². The maximum atomic E-state index is 13.6. The molecule has 3 fully saturated rings. The van der Waals surface area contributed by atoms with Crippen LogP contribution >= 0.6 is 0 Å². The van der Waals surface area contributed by atoms with Crippen molar-refractivity contribution in [2.45, 2.75) is 50.9 Å². The number of likely N-dealkylation sites (tertiary alicyclic amines) is 1. The highest BCUT2D eigenvalue weighted by atomic mass is 16.5. The van der Waals surface area contributed by atoms with Crippen LogP contribution in [0.3, 0.4) is 0 Å². The molecule has 162 valence electrons. The zero-order valence-electron chi connectivity index (χ0n) is 17.6. The summed E-state index contributed by atoms with van der Waals surface area (Å²) in [7, 11) is 1.55. The van der Waals surface area contributed by atoms with E-state index in [0.717, 1.165) is 16.8 Å². The number of ether oxygens (including phenoxy) is 1. The number of rotatable bonds is 6. The molecule has 3 saturated heterocycles. The summed E-state index contributed by atoms with van der Waals surface area (Å²) in [4.78, 5) is 41.1. The predicted molar refractivity (Wildman–Crippen MR) is 110 cm³/mol. The van der Waals surface area contributed by atoms with Gasteiger partial charge in [0.1, 0.15) is 11.6 Å². The van der Waals surface area contributed by atoms with Crippen LogP contribution in [0.15, 0.2) is 18.2 Å². The van der Waals surface area contributed by atoms with E-state index in [1.807, 2.05) is 32.0 Å². The van der Waals surface area contributed by atoms with E-state index in [4.69, 9.17) is 4.74 Å². The average molecular weight is 415 g/mol. The molecule has 8 nitrogen and oxygen atoms in total. The number of carbonyl (C=O) groups is 3. The number of benzene rings is 1. The number of carbonyl (C=O) groups excluding carboxylic acids is 3. The number of nitrogens with one attached hydrogen (secondary N) is 2. The molecule has 1 spiro atoms. The highest BCUT2D eigenvalue weighted by molar-refractivity contribution is 6.04. The normalized spacial score (nSPS) is 31.7. The summed E-state index contributed by atoms with van der Waals surface area (Å²) < 4.78 is 6.29. The summed E-state index contributed by atoms with van der Waals surface area (Å²) >= 11 is 0. The summed E-state index contributed by atoms with van der Waals surface area (Å²) in [6, 6.07) is 4.94. The molecule has 3 aliphatic heterocycles. The van der Waals surface area contributed by atoms with Gasteiger partial charge in [0, 0.05) is 25.9 Å². The second kappa shape index (κ2) is 7.67. The molecule has 0 aliphatic carbocycles. The van der Waals surface area contributed by atoms with E-state index in [1.165, 1.54) is 4.90 Å². The molecule has 2 bridgehead atoms. The Morgan fingerprint density at radius 1 is 1.27 bits per heavy atom. The van der Waals surface area contributed by atoms with Crippen LogP contribution in [0.25, 0.3) is 0 Å². The summed E-state index contributed by atoms with van der Waals surface area (Å²) in [6.45, 7) is 4.00. The Kier molecular flexibility index (Phi) is 5.32.